The van der Waals surface area contributed by atoms with E-state index < -0.39 is 0 Å². The molecule has 0 saturated heterocycles. The number of nitrogens with zero attached hydrogens (tertiary/aromatic N) is 6. The van der Waals surface area contributed by atoms with Gasteiger partial charge < -0.3 is 0 Å². The van der Waals surface area contributed by atoms with Crippen molar-refractivity contribution in [2.45, 2.75) is 47.0 Å². The first-order valence-corrected chi connectivity index (χ1v) is 10.5. The number of fused-ring (bicyclic) bond motifs is 3. The Morgan fingerprint density at radius 1 is 0.871 bits per heavy atom. The average molecular weight is 411 g/mol. The predicted molar refractivity (Wildman–Crippen MR) is 124 cm³/mol. The Labute approximate surface area is 181 Å². The fourth-order valence-electron chi connectivity index (χ4n) is 4.03. The van der Waals surface area contributed by atoms with Crippen molar-refractivity contribution < 1.29 is 0 Å². The van der Waals surface area contributed by atoms with Crippen LogP contribution in [0.1, 0.15) is 43.2 Å². The minimum absolute atomic E-state index is 0.113. The molecule has 4 aromatic heterocycles. The lowest BCUT2D eigenvalue weighted by atomic mass is 9.87. The summed E-state index contributed by atoms with van der Waals surface area (Å²) in [6.45, 7) is 12.9. The van der Waals surface area contributed by atoms with Gasteiger partial charge in [0, 0.05) is 17.5 Å². The van der Waals surface area contributed by atoms with Crippen LogP contribution >= 0.6 is 0 Å². The molecule has 156 valence electrons. The maximum absolute atomic E-state index is 4.91. The molecule has 0 N–H and O–H groups in total. The van der Waals surface area contributed by atoms with Crippen LogP contribution in [0.5, 0.6) is 0 Å². The number of hydrogen-bond donors (Lipinski definition) is 0. The van der Waals surface area contributed by atoms with Gasteiger partial charge in [0.1, 0.15) is 12.1 Å². The zero-order chi connectivity index (χ0) is 21.9. The molecule has 0 atom stereocenters. The molecule has 31 heavy (non-hydrogen) atoms. The fraction of sp³-hybridized carbons (Fsp3) is 0.280. The summed E-state index contributed by atoms with van der Waals surface area (Å²) in [6.07, 6.45) is 3.57. The van der Waals surface area contributed by atoms with Crippen LogP contribution in [-0.2, 0) is 5.41 Å². The van der Waals surface area contributed by atoms with E-state index in [1.807, 2.05) is 12.3 Å². The van der Waals surface area contributed by atoms with Crippen molar-refractivity contribution in [1.82, 2.24) is 29.1 Å². The molecule has 0 fully saturated rings. The Kier molecular flexibility index (Phi) is 4.22. The zero-order valence-corrected chi connectivity index (χ0v) is 18.8. The average Bonchev–Trinajstić information content (AvgIpc) is 3.27. The van der Waals surface area contributed by atoms with E-state index in [1.165, 1.54) is 5.56 Å². The smallest absolute Gasteiger partial charge is 0.182 e. The third kappa shape index (κ3) is 3.10. The second kappa shape index (κ2) is 6.74. The molecular formula is C25H26N6. The van der Waals surface area contributed by atoms with E-state index in [1.54, 1.807) is 10.8 Å². The third-order valence-electron chi connectivity index (χ3n) is 5.97. The minimum Gasteiger partial charge on any atom is -0.282 e. The quantitative estimate of drug-likeness (QED) is 0.393. The van der Waals surface area contributed by atoms with Crippen molar-refractivity contribution in [2.75, 3.05) is 0 Å². The number of pyridine rings is 1. The van der Waals surface area contributed by atoms with Crippen LogP contribution in [0.4, 0.5) is 0 Å². The van der Waals surface area contributed by atoms with Crippen molar-refractivity contribution in [3.05, 3.63) is 71.3 Å². The summed E-state index contributed by atoms with van der Waals surface area (Å²) in [5.41, 5.74) is 7.47. The molecule has 0 unspecified atom stereocenters. The van der Waals surface area contributed by atoms with Crippen LogP contribution in [0.25, 0.3) is 33.9 Å². The van der Waals surface area contributed by atoms with Crippen molar-refractivity contribution in [2.24, 2.45) is 0 Å². The van der Waals surface area contributed by atoms with Crippen molar-refractivity contribution >= 4 is 16.7 Å². The van der Waals surface area contributed by atoms with E-state index in [0.717, 1.165) is 44.9 Å². The van der Waals surface area contributed by atoms with Crippen molar-refractivity contribution in [3.8, 4) is 17.2 Å². The Bertz CT molecular complexity index is 1430. The molecular weight excluding hydrogens is 384 g/mol. The first kappa shape index (κ1) is 19.4. The van der Waals surface area contributed by atoms with Gasteiger partial charge in [-0.25, -0.2) is 19.5 Å². The second-order valence-corrected chi connectivity index (χ2v) is 9.21. The summed E-state index contributed by atoms with van der Waals surface area (Å²) < 4.78 is 3.87. The van der Waals surface area contributed by atoms with E-state index in [4.69, 9.17) is 15.1 Å². The maximum Gasteiger partial charge on any atom is 0.182 e. The van der Waals surface area contributed by atoms with E-state index in [2.05, 4.69) is 81.4 Å². The summed E-state index contributed by atoms with van der Waals surface area (Å²) in [5, 5.41) is 5.72. The molecule has 4 heterocycles. The monoisotopic (exact) mass is 410 g/mol. The third-order valence-corrected chi connectivity index (χ3v) is 5.97. The van der Waals surface area contributed by atoms with Crippen LogP contribution in [0.2, 0.25) is 0 Å². The summed E-state index contributed by atoms with van der Waals surface area (Å²) >= 11 is 0. The van der Waals surface area contributed by atoms with Gasteiger partial charge in [-0.2, -0.15) is 0 Å². The van der Waals surface area contributed by atoms with E-state index in [0.29, 0.717) is 5.82 Å². The first-order valence-electron chi connectivity index (χ1n) is 10.5. The van der Waals surface area contributed by atoms with Gasteiger partial charge in [0.15, 0.2) is 17.1 Å². The highest BCUT2D eigenvalue weighted by atomic mass is 15.3. The van der Waals surface area contributed by atoms with Gasteiger partial charge in [-0.05, 0) is 55.0 Å². The topological polar surface area (TPSA) is 60.9 Å². The maximum atomic E-state index is 4.91. The Balaban J connectivity index is 1.70. The zero-order valence-electron chi connectivity index (χ0n) is 18.8. The molecule has 0 spiro atoms. The van der Waals surface area contributed by atoms with Crippen LogP contribution in [0, 0.1) is 20.8 Å². The molecule has 1 aromatic carbocycles. The van der Waals surface area contributed by atoms with Crippen LogP contribution in [-0.4, -0.2) is 29.1 Å². The normalized spacial score (nSPS) is 12.2. The van der Waals surface area contributed by atoms with Crippen molar-refractivity contribution in [1.29, 1.82) is 0 Å². The van der Waals surface area contributed by atoms with E-state index >= 15 is 0 Å². The number of aryl methyl sites for hydroxylation is 2. The largest absolute Gasteiger partial charge is 0.282 e. The van der Waals surface area contributed by atoms with E-state index in [9.17, 15) is 0 Å². The van der Waals surface area contributed by atoms with Gasteiger partial charge in [-0.1, -0.05) is 45.0 Å². The number of benzene rings is 1. The van der Waals surface area contributed by atoms with Gasteiger partial charge in [0.25, 0.3) is 0 Å². The summed E-state index contributed by atoms with van der Waals surface area (Å²) in [6, 6.07) is 12.6. The van der Waals surface area contributed by atoms with E-state index in [-0.39, 0.29) is 5.41 Å². The standard InChI is InChI=1S/C25H26N6/c1-15-11-12-26-20(13-15)31-17(3)16(2)21-23(31)27-14-30-24(21)28-22(29-30)18-7-9-19(10-8-18)25(4,5)6/h7-14H,1-6H3. The number of aromatic nitrogens is 6. The molecule has 6 heteroatoms. The molecule has 0 radical (unpaired) electrons. The van der Waals surface area contributed by atoms with Crippen LogP contribution in [0.3, 0.4) is 0 Å². The number of rotatable bonds is 2. The lowest BCUT2D eigenvalue weighted by molar-refractivity contribution is 0.590. The van der Waals surface area contributed by atoms with Gasteiger partial charge in [0.05, 0.1) is 5.39 Å². The highest BCUT2D eigenvalue weighted by Gasteiger charge is 2.20. The molecule has 0 aliphatic heterocycles. The van der Waals surface area contributed by atoms with Crippen LogP contribution in [0.15, 0.2) is 48.9 Å². The Hall–Kier alpha value is -3.54. The fourth-order valence-corrected chi connectivity index (χ4v) is 4.03. The summed E-state index contributed by atoms with van der Waals surface area (Å²) in [7, 11) is 0. The molecule has 0 aliphatic carbocycles. The Morgan fingerprint density at radius 2 is 1.61 bits per heavy atom. The minimum atomic E-state index is 0.113. The highest BCUT2D eigenvalue weighted by molar-refractivity contribution is 5.95. The van der Waals surface area contributed by atoms with Crippen LogP contribution < -0.4 is 0 Å². The van der Waals surface area contributed by atoms with Gasteiger partial charge in [0.2, 0.25) is 0 Å². The van der Waals surface area contributed by atoms with Gasteiger partial charge >= 0.3 is 0 Å². The molecule has 6 nitrogen and oxygen atoms in total. The molecule has 5 rings (SSSR count). The first-order chi connectivity index (χ1) is 14.7. The highest BCUT2D eigenvalue weighted by Crippen LogP contribution is 2.31. The molecule has 0 bridgehead atoms. The Morgan fingerprint density at radius 3 is 2.29 bits per heavy atom. The lowest BCUT2D eigenvalue weighted by Crippen LogP contribution is -2.10. The van der Waals surface area contributed by atoms with Gasteiger partial charge in [-0.15, -0.1) is 5.10 Å². The lowest BCUT2D eigenvalue weighted by Gasteiger charge is -2.18. The predicted octanol–water partition coefficient (Wildman–Crippen LogP) is 5.35. The summed E-state index contributed by atoms with van der Waals surface area (Å²) in [5.74, 6) is 1.57. The molecule has 0 saturated carbocycles. The SMILES string of the molecule is Cc1ccnc(-n2c(C)c(C)c3c2ncn2nc(-c4ccc(C(C)(C)C)cc4)nc32)c1. The number of hydrogen-bond acceptors (Lipinski definition) is 4. The van der Waals surface area contributed by atoms with Gasteiger partial charge in [-0.3, -0.25) is 4.57 Å². The second-order valence-electron chi connectivity index (χ2n) is 9.21. The molecule has 0 aliphatic rings. The molecule has 5 aromatic rings. The molecule has 0 amide bonds. The van der Waals surface area contributed by atoms with Crippen molar-refractivity contribution in [3.63, 3.8) is 0 Å². The summed E-state index contributed by atoms with van der Waals surface area (Å²) in [4.78, 5) is 14.2.